The van der Waals surface area contributed by atoms with Crippen LogP contribution in [0.25, 0.3) is 6.08 Å². The molecule has 22 heavy (non-hydrogen) atoms. The van der Waals surface area contributed by atoms with Crippen LogP contribution in [0.5, 0.6) is 5.75 Å². The summed E-state index contributed by atoms with van der Waals surface area (Å²) in [5, 5.41) is 0.847. The van der Waals surface area contributed by atoms with Crippen molar-refractivity contribution in [3.8, 4) is 5.75 Å². The van der Waals surface area contributed by atoms with E-state index in [9.17, 15) is 4.79 Å². The number of carbonyl (C=O) groups excluding carboxylic acids is 1. The van der Waals surface area contributed by atoms with Gasteiger partial charge in [-0.05, 0) is 48.4 Å². The highest BCUT2D eigenvalue weighted by molar-refractivity contribution is 8.18. The number of hydrogen-bond acceptors (Lipinski definition) is 4. The third-order valence-corrected chi connectivity index (χ3v) is 4.58. The summed E-state index contributed by atoms with van der Waals surface area (Å²) in [5.74, 6) is 0.653. The molecule has 2 aliphatic heterocycles. The first-order valence-corrected chi connectivity index (χ1v) is 8.19. The SMILES string of the molecule is C=CCOc1ccc(/C=C2\SC(N3CCCC3)=NC2=O)cc1. The van der Waals surface area contributed by atoms with Gasteiger partial charge in [-0.1, -0.05) is 24.8 Å². The van der Waals surface area contributed by atoms with E-state index < -0.39 is 0 Å². The number of aliphatic imine (C=N–C) groups is 1. The summed E-state index contributed by atoms with van der Waals surface area (Å²) < 4.78 is 5.45. The molecule has 1 aromatic carbocycles. The van der Waals surface area contributed by atoms with Crippen LogP contribution in [0.2, 0.25) is 0 Å². The Morgan fingerprint density at radius 2 is 2.00 bits per heavy atom. The quantitative estimate of drug-likeness (QED) is 0.631. The van der Waals surface area contributed by atoms with Crippen LogP contribution in [0.4, 0.5) is 0 Å². The Labute approximate surface area is 134 Å². The lowest BCUT2D eigenvalue weighted by molar-refractivity contribution is -0.113. The first-order chi connectivity index (χ1) is 10.8. The van der Waals surface area contributed by atoms with Gasteiger partial charge in [0.25, 0.3) is 5.91 Å². The van der Waals surface area contributed by atoms with Crippen molar-refractivity contribution in [2.75, 3.05) is 19.7 Å². The molecule has 0 aromatic heterocycles. The number of likely N-dealkylation sites (tertiary alicyclic amines) is 1. The highest BCUT2D eigenvalue weighted by Gasteiger charge is 2.27. The molecule has 1 amide bonds. The molecule has 0 bridgehead atoms. The Morgan fingerprint density at radius 1 is 1.27 bits per heavy atom. The van der Waals surface area contributed by atoms with Crippen molar-refractivity contribution in [2.24, 2.45) is 4.99 Å². The van der Waals surface area contributed by atoms with Crippen LogP contribution in [-0.2, 0) is 4.79 Å². The van der Waals surface area contributed by atoms with Crippen LogP contribution in [0.1, 0.15) is 18.4 Å². The average molecular weight is 314 g/mol. The molecule has 0 spiro atoms. The lowest BCUT2D eigenvalue weighted by Crippen LogP contribution is -2.23. The lowest BCUT2D eigenvalue weighted by atomic mass is 10.2. The molecule has 0 saturated carbocycles. The molecule has 0 radical (unpaired) electrons. The van der Waals surface area contributed by atoms with E-state index in [1.807, 2.05) is 30.3 Å². The Bertz CT molecular complexity index is 629. The zero-order valence-electron chi connectivity index (χ0n) is 12.3. The minimum atomic E-state index is -0.140. The van der Waals surface area contributed by atoms with E-state index in [2.05, 4.69) is 16.5 Å². The van der Waals surface area contributed by atoms with Gasteiger partial charge in [-0.2, -0.15) is 4.99 Å². The monoisotopic (exact) mass is 314 g/mol. The Hall–Kier alpha value is -2.01. The number of amidine groups is 1. The van der Waals surface area contributed by atoms with Gasteiger partial charge in [0.2, 0.25) is 0 Å². The number of carbonyl (C=O) groups is 1. The summed E-state index contributed by atoms with van der Waals surface area (Å²) in [6.07, 6.45) is 5.95. The maximum Gasteiger partial charge on any atom is 0.286 e. The number of amides is 1. The highest BCUT2D eigenvalue weighted by Crippen LogP contribution is 2.31. The van der Waals surface area contributed by atoms with Gasteiger partial charge in [-0.3, -0.25) is 4.79 Å². The molecule has 2 aliphatic rings. The second kappa shape index (κ2) is 6.83. The van der Waals surface area contributed by atoms with E-state index >= 15 is 0 Å². The standard InChI is InChI=1S/C17H18N2O2S/c1-2-11-21-14-7-5-13(6-8-14)12-15-16(20)18-17(22-15)19-9-3-4-10-19/h2,5-8,12H,1,3-4,9-11H2/b15-12-. The molecule has 3 rings (SSSR count). The van der Waals surface area contributed by atoms with Crippen molar-refractivity contribution in [2.45, 2.75) is 12.8 Å². The highest BCUT2D eigenvalue weighted by atomic mass is 32.2. The molecule has 114 valence electrons. The largest absolute Gasteiger partial charge is 0.490 e. The van der Waals surface area contributed by atoms with Crippen LogP contribution in [0.3, 0.4) is 0 Å². The van der Waals surface area contributed by atoms with Gasteiger partial charge in [0.1, 0.15) is 12.4 Å². The van der Waals surface area contributed by atoms with Crippen LogP contribution >= 0.6 is 11.8 Å². The van der Waals surface area contributed by atoms with Crippen LogP contribution in [-0.4, -0.2) is 35.7 Å². The number of ether oxygens (including phenoxy) is 1. The third-order valence-electron chi connectivity index (χ3n) is 3.53. The summed E-state index contributed by atoms with van der Waals surface area (Å²) in [6, 6.07) is 7.66. The molecular formula is C17H18N2O2S. The fraction of sp³-hybridized carbons (Fsp3) is 0.294. The maximum atomic E-state index is 12.0. The third kappa shape index (κ3) is 3.42. The van der Waals surface area contributed by atoms with Crippen molar-refractivity contribution in [1.82, 2.24) is 4.90 Å². The van der Waals surface area contributed by atoms with Crippen LogP contribution < -0.4 is 4.74 Å². The van der Waals surface area contributed by atoms with Crippen LogP contribution in [0, 0.1) is 0 Å². The Balaban J connectivity index is 1.67. The normalized spacial score (nSPS) is 19.6. The van der Waals surface area contributed by atoms with Gasteiger partial charge in [0.05, 0.1) is 4.91 Å². The summed E-state index contributed by atoms with van der Waals surface area (Å²) in [7, 11) is 0. The lowest BCUT2D eigenvalue weighted by Gasteiger charge is -2.14. The van der Waals surface area contributed by atoms with E-state index in [0.29, 0.717) is 11.5 Å². The van der Waals surface area contributed by atoms with Gasteiger partial charge >= 0.3 is 0 Å². The van der Waals surface area contributed by atoms with E-state index in [-0.39, 0.29) is 5.91 Å². The first-order valence-electron chi connectivity index (χ1n) is 7.37. The second-order valence-corrected chi connectivity index (χ2v) is 6.18. The van der Waals surface area contributed by atoms with Crippen LogP contribution in [0.15, 0.2) is 46.8 Å². The Morgan fingerprint density at radius 3 is 2.68 bits per heavy atom. The van der Waals surface area contributed by atoms with Crippen molar-refractivity contribution in [3.63, 3.8) is 0 Å². The zero-order valence-corrected chi connectivity index (χ0v) is 13.1. The number of hydrogen-bond donors (Lipinski definition) is 0. The number of rotatable bonds is 4. The minimum absolute atomic E-state index is 0.140. The van der Waals surface area contributed by atoms with Crippen molar-refractivity contribution in [3.05, 3.63) is 47.4 Å². The molecule has 1 fully saturated rings. The van der Waals surface area contributed by atoms with Gasteiger partial charge in [0, 0.05) is 13.1 Å². The van der Waals surface area contributed by atoms with E-state index in [0.717, 1.165) is 29.6 Å². The fourth-order valence-electron chi connectivity index (χ4n) is 2.41. The Kier molecular flexibility index (Phi) is 4.63. The summed E-state index contributed by atoms with van der Waals surface area (Å²) in [5.41, 5.74) is 0.972. The molecule has 0 N–H and O–H groups in total. The maximum absolute atomic E-state index is 12.0. The smallest absolute Gasteiger partial charge is 0.286 e. The van der Waals surface area contributed by atoms with Gasteiger partial charge in [-0.15, -0.1) is 0 Å². The predicted octanol–water partition coefficient (Wildman–Crippen LogP) is 3.32. The molecule has 0 unspecified atom stereocenters. The van der Waals surface area contributed by atoms with Crippen molar-refractivity contribution in [1.29, 1.82) is 0 Å². The second-order valence-electron chi connectivity index (χ2n) is 5.17. The van der Waals surface area contributed by atoms with E-state index in [1.165, 1.54) is 24.6 Å². The van der Waals surface area contributed by atoms with E-state index in [4.69, 9.17) is 4.74 Å². The van der Waals surface area contributed by atoms with Gasteiger partial charge < -0.3 is 9.64 Å². The summed E-state index contributed by atoms with van der Waals surface area (Å²) in [6.45, 7) is 6.11. The molecule has 4 nitrogen and oxygen atoms in total. The van der Waals surface area contributed by atoms with Gasteiger partial charge in [0.15, 0.2) is 5.17 Å². The van der Waals surface area contributed by atoms with Crippen molar-refractivity contribution >= 4 is 28.9 Å². The first kappa shape index (κ1) is 14.9. The predicted molar refractivity (Wildman–Crippen MR) is 91.0 cm³/mol. The number of benzene rings is 1. The van der Waals surface area contributed by atoms with E-state index in [1.54, 1.807) is 6.08 Å². The number of thioether (sulfide) groups is 1. The molecule has 0 atom stereocenters. The molecular weight excluding hydrogens is 296 g/mol. The molecule has 5 heteroatoms. The molecule has 1 saturated heterocycles. The molecule has 2 heterocycles. The fourth-order valence-corrected chi connectivity index (χ4v) is 3.37. The molecule has 1 aromatic rings. The number of nitrogens with zero attached hydrogens (tertiary/aromatic N) is 2. The summed E-state index contributed by atoms with van der Waals surface area (Å²) >= 11 is 1.47. The minimum Gasteiger partial charge on any atom is -0.490 e. The zero-order chi connectivity index (χ0) is 15.4. The summed E-state index contributed by atoms with van der Waals surface area (Å²) in [4.78, 5) is 19.1. The molecule has 0 aliphatic carbocycles. The van der Waals surface area contributed by atoms with Gasteiger partial charge in [-0.25, -0.2) is 0 Å². The average Bonchev–Trinajstić information content (AvgIpc) is 3.17. The van der Waals surface area contributed by atoms with Crippen molar-refractivity contribution < 1.29 is 9.53 Å². The topological polar surface area (TPSA) is 41.9 Å².